The molecular formula is C13H18O3. The smallest absolute Gasteiger partial charge is 0.308 e. The first-order valence-corrected chi connectivity index (χ1v) is 5.42. The average molecular weight is 222 g/mol. The summed E-state index contributed by atoms with van der Waals surface area (Å²) in [4.78, 5) is 11.4. The zero-order valence-electron chi connectivity index (χ0n) is 10.0. The molecule has 0 saturated heterocycles. The molecular weight excluding hydrogens is 204 g/mol. The minimum atomic E-state index is -0.148. The Balaban J connectivity index is 2.73. The van der Waals surface area contributed by atoms with Gasteiger partial charge in [-0.2, -0.15) is 0 Å². The van der Waals surface area contributed by atoms with Crippen LogP contribution in [-0.2, 0) is 16.0 Å². The number of methoxy groups -OCH3 is 2. The van der Waals surface area contributed by atoms with E-state index in [0.717, 1.165) is 17.7 Å². The SMILES string of the molecule is CCC(Cc1cccc(OC)c1)C(=O)OC. The van der Waals surface area contributed by atoms with Gasteiger partial charge in [0.25, 0.3) is 0 Å². The summed E-state index contributed by atoms with van der Waals surface area (Å²) >= 11 is 0. The normalized spacial score (nSPS) is 11.9. The Hall–Kier alpha value is -1.51. The van der Waals surface area contributed by atoms with Crippen molar-refractivity contribution >= 4 is 5.97 Å². The average Bonchev–Trinajstić information content (AvgIpc) is 2.35. The molecule has 0 fully saturated rings. The summed E-state index contributed by atoms with van der Waals surface area (Å²) in [6.45, 7) is 1.99. The lowest BCUT2D eigenvalue weighted by Crippen LogP contribution is -2.17. The van der Waals surface area contributed by atoms with Crippen LogP contribution >= 0.6 is 0 Å². The molecule has 0 aliphatic heterocycles. The van der Waals surface area contributed by atoms with Crippen molar-refractivity contribution in [1.29, 1.82) is 0 Å². The fourth-order valence-electron chi connectivity index (χ4n) is 1.64. The predicted octanol–water partition coefficient (Wildman–Crippen LogP) is 2.44. The molecule has 1 rings (SSSR count). The molecule has 1 atom stereocenters. The van der Waals surface area contributed by atoms with E-state index in [2.05, 4.69) is 0 Å². The maximum atomic E-state index is 11.4. The van der Waals surface area contributed by atoms with Crippen molar-refractivity contribution in [1.82, 2.24) is 0 Å². The molecule has 0 aliphatic carbocycles. The molecule has 1 aromatic rings. The van der Waals surface area contributed by atoms with E-state index in [1.165, 1.54) is 7.11 Å². The van der Waals surface area contributed by atoms with Crippen molar-refractivity contribution in [2.75, 3.05) is 14.2 Å². The number of esters is 1. The van der Waals surface area contributed by atoms with E-state index in [1.54, 1.807) is 7.11 Å². The molecule has 88 valence electrons. The first kappa shape index (κ1) is 12.6. The summed E-state index contributed by atoms with van der Waals surface area (Å²) in [6.07, 6.45) is 1.48. The third-order valence-corrected chi connectivity index (χ3v) is 2.64. The zero-order valence-corrected chi connectivity index (χ0v) is 10.0. The first-order valence-electron chi connectivity index (χ1n) is 5.42. The maximum absolute atomic E-state index is 11.4. The quantitative estimate of drug-likeness (QED) is 0.718. The number of hydrogen-bond donors (Lipinski definition) is 0. The van der Waals surface area contributed by atoms with E-state index in [9.17, 15) is 4.79 Å². The second-order valence-corrected chi connectivity index (χ2v) is 3.68. The van der Waals surface area contributed by atoms with Gasteiger partial charge in [-0.15, -0.1) is 0 Å². The number of benzene rings is 1. The summed E-state index contributed by atoms with van der Waals surface area (Å²) in [6, 6.07) is 7.76. The van der Waals surface area contributed by atoms with Gasteiger partial charge in [-0.25, -0.2) is 0 Å². The topological polar surface area (TPSA) is 35.5 Å². The standard InChI is InChI=1S/C13H18O3/c1-4-11(13(14)16-3)8-10-6-5-7-12(9-10)15-2/h5-7,9,11H,4,8H2,1-3H3. The molecule has 0 spiro atoms. The highest BCUT2D eigenvalue weighted by atomic mass is 16.5. The highest BCUT2D eigenvalue weighted by Gasteiger charge is 2.17. The van der Waals surface area contributed by atoms with Gasteiger partial charge in [0.1, 0.15) is 5.75 Å². The Labute approximate surface area is 96.4 Å². The van der Waals surface area contributed by atoms with E-state index in [0.29, 0.717) is 6.42 Å². The van der Waals surface area contributed by atoms with Gasteiger partial charge < -0.3 is 9.47 Å². The predicted molar refractivity (Wildman–Crippen MR) is 62.5 cm³/mol. The molecule has 0 N–H and O–H groups in total. The highest BCUT2D eigenvalue weighted by Crippen LogP contribution is 2.18. The Kier molecular flexibility index (Phi) is 4.83. The van der Waals surface area contributed by atoms with Crippen molar-refractivity contribution in [3.05, 3.63) is 29.8 Å². The summed E-state index contributed by atoms with van der Waals surface area (Å²) in [7, 11) is 3.06. The minimum absolute atomic E-state index is 0.0721. The largest absolute Gasteiger partial charge is 0.497 e. The maximum Gasteiger partial charge on any atom is 0.308 e. The van der Waals surface area contributed by atoms with E-state index >= 15 is 0 Å². The number of rotatable bonds is 5. The first-order chi connectivity index (χ1) is 7.71. The minimum Gasteiger partial charge on any atom is -0.497 e. The lowest BCUT2D eigenvalue weighted by atomic mass is 9.97. The summed E-state index contributed by atoms with van der Waals surface area (Å²) < 4.78 is 9.90. The molecule has 16 heavy (non-hydrogen) atoms. The van der Waals surface area contributed by atoms with Crippen LogP contribution in [-0.4, -0.2) is 20.2 Å². The lowest BCUT2D eigenvalue weighted by Gasteiger charge is -2.12. The number of hydrogen-bond acceptors (Lipinski definition) is 3. The summed E-state index contributed by atoms with van der Waals surface area (Å²) in [5.41, 5.74) is 1.09. The van der Waals surface area contributed by atoms with Gasteiger partial charge in [0.2, 0.25) is 0 Å². The van der Waals surface area contributed by atoms with Gasteiger partial charge in [-0.3, -0.25) is 4.79 Å². The van der Waals surface area contributed by atoms with Crippen LogP contribution in [0.3, 0.4) is 0 Å². The number of ether oxygens (including phenoxy) is 2. The molecule has 0 amide bonds. The van der Waals surface area contributed by atoms with Crippen LogP contribution in [0.4, 0.5) is 0 Å². The van der Waals surface area contributed by atoms with Crippen molar-refractivity contribution in [3.63, 3.8) is 0 Å². The Morgan fingerprint density at radius 1 is 1.38 bits per heavy atom. The lowest BCUT2D eigenvalue weighted by molar-refractivity contribution is -0.145. The third kappa shape index (κ3) is 3.26. The van der Waals surface area contributed by atoms with Crippen LogP contribution in [0.5, 0.6) is 5.75 Å². The third-order valence-electron chi connectivity index (χ3n) is 2.64. The molecule has 3 nitrogen and oxygen atoms in total. The summed E-state index contributed by atoms with van der Waals surface area (Å²) in [5, 5.41) is 0. The highest BCUT2D eigenvalue weighted by molar-refractivity contribution is 5.72. The Morgan fingerprint density at radius 2 is 2.12 bits per heavy atom. The second kappa shape index (κ2) is 6.16. The molecule has 0 radical (unpaired) electrons. The second-order valence-electron chi connectivity index (χ2n) is 3.68. The van der Waals surface area contributed by atoms with Crippen molar-refractivity contribution in [2.45, 2.75) is 19.8 Å². The molecule has 1 unspecified atom stereocenters. The van der Waals surface area contributed by atoms with Crippen molar-refractivity contribution < 1.29 is 14.3 Å². The molecule has 0 heterocycles. The Morgan fingerprint density at radius 3 is 2.69 bits per heavy atom. The fraction of sp³-hybridized carbons (Fsp3) is 0.462. The van der Waals surface area contributed by atoms with Crippen LogP contribution in [0, 0.1) is 5.92 Å². The van der Waals surface area contributed by atoms with Gasteiger partial charge in [0.05, 0.1) is 20.1 Å². The van der Waals surface area contributed by atoms with Crippen LogP contribution in [0.15, 0.2) is 24.3 Å². The molecule has 3 heteroatoms. The van der Waals surface area contributed by atoms with E-state index in [4.69, 9.17) is 9.47 Å². The van der Waals surface area contributed by atoms with Gasteiger partial charge >= 0.3 is 5.97 Å². The molecule has 0 bridgehead atoms. The molecule has 0 aliphatic rings. The van der Waals surface area contributed by atoms with Crippen LogP contribution in [0.1, 0.15) is 18.9 Å². The van der Waals surface area contributed by atoms with E-state index in [-0.39, 0.29) is 11.9 Å². The van der Waals surface area contributed by atoms with Crippen LogP contribution < -0.4 is 4.74 Å². The summed E-state index contributed by atoms with van der Waals surface area (Å²) in [5.74, 6) is 0.597. The van der Waals surface area contributed by atoms with E-state index < -0.39 is 0 Å². The number of carbonyl (C=O) groups is 1. The van der Waals surface area contributed by atoms with Gasteiger partial charge in [-0.05, 0) is 30.5 Å². The van der Waals surface area contributed by atoms with Crippen LogP contribution in [0.25, 0.3) is 0 Å². The van der Waals surface area contributed by atoms with Crippen LogP contribution in [0.2, 0.25) is 0 Å². The van der Waals surface area contributed by atoms with Gasteiger partial charge in [-0.1, -0.05) is 19.1 Å². The van der Waals surface area contributed by atoms with Gasteiger partial charge in [0, 0.05) is 0 Å². The Bertz CT molecular complexity index is 347. The van der Waals surface area contributed by atoms with Crippen molar-refractivity contribution in [2.24, 2.45) is 5.92 Å². The molecule has 1 aromatic carbocycles. The zero-order chi connectivity index (χ0) is 12.0. The monoisotopic (exact) mass is 222 g/mol. The van der Waals surface area contributed by atoms with Gasteiger partial charge in [0.15, 0.2) is 0 Å². The van der Waals surface area contributed by atoms with Crippen molar-refractivity contribution in [3.8, 4) is 5.75 Å². The van der Waals surface area contributed by atoms with E-state index in [1.807, 2.05) is 31.2 Å². The number of carbonyl (C=O) groups excluding carboxylic acids is 1. The molecule has 0 aromatic heterocycles. The fourth-order valence-corrected chi connectivity index (χ4v) is 1.64. The molecule has 0 saturated carbocycles.